The average Bonchev–Trinajstić information content (AvgIpc) is 2.28. The molecular formula is C12H13F4NO. The van der Waals surface area contributed by atoms with Gasteiger partial charge in [0.25, 0.3) is 0 Å². The summed E-state index contributed by atoms with van der Waals surface area (Å²) in [6.07, 6.45) is -4.30. The lowest BCUT2D eigenvalue weighted by Crippen LogP contribution is -2.23. The SMILES string of the molecule is CCC(CN)C(=O)c1ccc(C(F)(F)F)c(F)c1. The smallest absolute Gasteiger partial charge is 0.330 e. The van der Waals surface area contributed by atoms with E-state index in [1.165, 1.54) is 0 Å². The lowest BCUT2D eigenvalue weighted by molar-refractivity contribution is -0.140. The van der Waals surface area contributed by atoms with E-state index in [9.17, 15) is 22.4 Å². The molecule has 0 radical (unpaired) electrons. The van der Waals surface area contributed by atoms with E-state index in [1.807, 2.05) is 0 Å². The molecule has 0 heterocycles. The Labute approximate surface area is 102 Å². The molecule has 2 nitrogen and oxygen atoms in total. The van der Waals surface area contributed by atoms with Crippen molar-refractivity contribution in [2.45, 2.75) is 19.5 Å². The summed E-state index contributed by atoms with van der Waals surface area (Å²) >= 11 is 0. The van der Waals surface area contributed by atoms with E-state index in [-0.39, 0.29) is 12.1 Å². The number of nitrogens with two attached hydrogens (primary N) is 1. The highest BCUT2D eigenvalue weighted by molar-refractivity contribution is 5.98. The van der Waals surface area contributed by atoms with Gasteiger partial charge in [-0.25, -0.2) is 4.39 Å². The van der Waals surface area contributed by atoms with Gasteiger partial charge in [0, 0.05) is 18.0 Å². The van der Waals surface area contributed by atoms with Gasteiger partial charge in [-0.2, -0.15) is 13.2 Å². The van der Waals surface area contributed by atoms with Crippen molar-refractivity contribution in [1.82, 2.24) is 0 Å². The monoisotopic (exact) mass is 263 g/mol. The maximum atomic E-state index is 13.3. The van der Waals surface area contributed by atoms with Gasteiger partial charge in [0.05, 0.1) is 5.56 Å². The minimum absolute atomic E-state index is 0.0813. The van der Waals surface area contributed by atoms with Crippen molar-refractivity contribution in [3.8, 4) is 0 Å². The number of hydrogen-bond donors (Lipinski definition) is 1. The van der Waals surface area contributed by atoms with Crippen LogP contribution in [0.4, 0.5) is 17.6 Å². The van der Waals surface area contributed by atoms with Crippen molar-refractivity contribution >= 4 is 5.78 Å². The quantitative estimate of drug-likeness (QED) is 0.670. The number of halogens is 4. The fourth-order valence-corrected chi connectivity index (χ4v) is 1.59. The van der Waals surface area contributed by atoms with E-state index in [2.05, 4.69) is 0 Å². The molecule has 0 bridgehead atoms. The summed E-state index contributed by atoms with van der Waals surface area (Å²) in [5.41, 5.74) is 3.90. The number of hydrogen-bond acceptors (Lipinski definition) is 2. The summed E-state index contributed by atoms with van der Waals surface area (Å²) in [6.45, 7) is 1.81. The summed E-state index contributed by atoms with van der Waals surface area (Å²) in [5, 5.41) is 0. The van der Waals surface area contributed by atoms with Crippen LogP contribution in [0.2, 0.25) is 0 Å². The summed E-state index contributed by atoms with van der Waals surface area (Å²) in [7, 11) is 0. The van der Waals surface area contributed by atoms with E-state index in [4.69, 9.17) is 5.73 Å². The Hall–Kier alpha value is -1.43. The van der Waals surface area contributed by atoms with E-state index >= 15 is 0 Å². The van der Waals surface area contributed by atoms with E-state index in [1.54, 1.807) is 6.92 Å². The Morgan fingerprint density at radius 1 is 1.39 bits per heavy atom. The third-order valence-corrected chi connectivity index (χ3v) is 2.71. The van der Waals surface area contributed by atoms with E-state index in [0.717, 1.165) is 6.07 Å². The molecule has 0 aliphatic heterocycles. The van der Waals surface area contributed by atoms with Gasteiger partial charge in [0.1, 0.15) is 5.82 Å². The van der Waals surface area contributed by atoms with Crippen molar-refractivity contribution in [1.29, 1.82) is 0 Å². The second-order valence-corrected chi connectivity index (χ2v) is 3.90. The minimum Gasteiger partial charge on any atom is -0.330 e. The molecule has 2 N–H and O–H groups in total. The number of alkyl halides is 3. The molecule has 0 fully saturated rings. The molecule has 0 saturated carbocycles. The van der Waals surface area contributed by atoms with Crippen LogP contribution in [-0.2, 0) is 6.18 Å². The van der Waals surface area contributed by atoms with Crippen LogP contribution in [0.3, 0.4) is 0 Å². The van der Waals surface area contributed by atoms with Crippen LogP contribution in [0.15, 0.2) is 18.2 Å². The van der Waals surface area contributed by atoms with Crippen molar-refractivity contribution in [3.05, 3.63) is 35.1 Å². The Kier molecular flexibility index (Phi) is 4.45. The Morgan fingerprint density at radius 2 is 2.00 bits per heavy atom. The van der Waals surface area contributed by atoms with Gasteiger partial charge < -0.3 is 5.73 Å². The van der Waals surface area contributed by atoms with Crippen LogP contribution >= 0.6 is 0 Å². The number of carbonyl (C=O) groups is 1. The topological polar surface area (TPSA) is 43.1 Å². The molecule has 1 rings (SSSR count). The fourth-order valence-electron chi connectivity index (χ4n) is 1.59. The number of ketones is 1. The van der Waals surface area contributed by atoms with Gasteiger partial charge in [0.2, 0.25) is 0 Å². The number of rotatable bonds is 4. The fraction of sp³-hybridized carbons (Fsp3) is 0.417. The van der Waals surface area contributed by atoms with Crippen molar-refractivity contribution in [3.63, 3.8) is 0 Å². The minimum atomic E-state index is -4.76. The lowest BCUT2D eigenvalue weighted by atomic mass is 9.94. The molecule has 1 atom stereocenters. The highest BCUT2D eigenvalue weighted by atomic mass is 19.4. The first-order valence-corrected chi connectivity index (χ1v) is 5.42. The summed E-state index contributed by atoms with van der Waals surface area (Å²) in [6, 6.07) is 2.17. The molecule has 1 aromatic rings. The summed E-state index contributed by atoms with van der Waals surface area (Å²) in [4.78, 5) is 11.8. The first-order chi connectivity index (χ1) is 8.31. The van der Waals surface area contributed by atoms with Crippen molar-refractivity contribution < 1.29 is 22.4 Å². The van der Waals surface area contributed by atoms with Crippen LogP contribution < -0.4 is 5.73 Å². The predicted molar refractivity (Wildman–Crippen MR) is 58.6 cm³/mol. The number of carbonyl (C=O) groups excluding carboxylic acids is 1. The molecule has 0 saturated heterocycles. The van der Waals surface area contributed by atoms with Gasteiger partial charge in [0.15, 0.2) is 5.78 Å². The molecule has 0 aromatic heterocycles. The maximum absolute atomic E-state index is 13.3. The second kappa shape index (κ2) is 5.48. The molecule has 0 spiro atoms. The third kappa shape index (κ3) is 3.07. The zero-order chi connectivity index (χ0) is 13.9. The molecule has 6 heteroatoms. The molecule has 1 unspecified atom stereocenters. The Morgan fingerprint density at radius 3 is 2.39 bits per heavy atom. The molecule has 0 aliphatic carbocycles. The van der Waals surface area contributed by atoms with Gasteiger partial charge in [-0.05, 0) is 18.6 Å². The lowest BCUT2D eigenvalue weighted by Gasteiger charge is -2.13. The van der Waals surface area contributed by atoms with Crippen LogP contribution in [0.1, 0.15) is 29.3 Å². The maximum Gasteiger partial charge on any atom is 0.419 e. The molecular weight excluding hydrogens is 250 g/mol. The van der Waals surface area contributed by atoms with Crippen molar-refractivity contribution in [2.75, 3.05) is 6.54 Å². The van der Waals surface area contributed by atoms with Crippen LogP contribution in [-0.4, -0.2) is 12.3 Å². The van der Waals surface area contributed by atoms with E-state index < -0.39 is 29.3 Å². The standard InChI is InChI=1S/C12H13F4NO/c1-2-7(6-17)11(18)8-3-4-9(10(13)5-8)12(14,15)16/h3-5,7H,2,6,17H2,1H3. The normalized spacial score (nSPS) is 13.4. The van der Waals surface area contributed by atoms with Gasteiger partial charge >= 0.3 is 6.18 Å². The highest BCUT2D eigenvalue weighted by Gasteiger charge is 2.34. The Balaban J connectivity index is 3.08. The number of benzene rings is 1. The third-order valence-electron chi connectivity index (χ3n) is 2.71. The second-order valence-electron chi connectivity index (χ2n) is 3.90. The predicted octanol–water partition coefficient (Wildman–Crippen LogP) is 3.01. The number of Topliss-reactive ketones (excluding diaryl/α,β-unsaturated/α-hetero) is 1. The van der Waals surface area contributed by atoms with Crippen LogP contribution in [0, 0.1) is 11.7 Å². The zero-order valence-corrected chi connectivity index (χ0v) is 9.72. The summed E-state index contributed by atoms with van der Waals surface area (Å²) < 4.78 is 50.3. The first kappa shape index (κ1) is 14.6. The molecule has 0 amide bonds. The van der Waals surface area contributed by atoms with Crippen LogP contribution in [0.25, 0.3) is 0 Å². The molecule has 100 valence electrons. The molecule has 1 aromatic carbocycles. The van der Waals surface area contributed by atoms with Gasteiger partial charge in [-0.1, -0.05) is 13.0 Å². The zero-order valence-electron chi connectivity index (χ0n) is 9.72. The van der Waals surface area contributed by atoms with Crippen LogP contribution in [0.5, 0.6) is 0 Å². The molecule has 0 aliphatic rings. The largest absolute Gasteiger partial charge is 0.419 e. The van der Waals surface area contributed by atoms with Gasteiger partial charge in [-0.3, -0.25) is 4.79 Å². The highest BCUT2D eigenvalue weighted by Crippen LogP contribution is 2.31. The first-order valence-electron chi connectivity index (χ1n) is 5.42. The summed E-state index contributed by atoms with van der Waals surface area (Å²) in [5.74, 6) is -2.38. The Bertz CT molecular complexity index is 438. The average molecular weight is 263 g/mol. The van der Waals surface area contributed by atoms with Gasteiger partial charge in [-0.15, -0.1) is 0 Å². The van der Waals surface area contributed by atoms with Crippen molar-refractivity contribution in [2.24, 2.45) is 11.7 Å². The molecule has 18 heavy (non-hydrogen) atoms. The van der Waals surface area contributed by atoms with E-state index in [0.29, 0.717) is 18.6 Å².